The van der Waals surface area contributed by atoms with Crippen LogP contribution in [0.5, 0.6) is 5.75 Å². The summed E-state index contributed by atoms with van der Waals surface area (Å²) in [4.78, 5) is 11.1. The molecular weight excluding hydrogens is 246 g/mol. The lowest BCUT2D eigenvalue weighted by molar-refractivity contribution is -0.120. The number of carbonyl (C=O) groups is 1. The maximum absolute atomic E-state index is 11.1. The number of rotatable bonds is 5. The molecule has 0 aliphatic carbocycles. The lowest BCUT2D eigenvalue weighted by atomic mass is 9.99. The molecule has 1 aromatic heterocycles. The summed E-state index contributed by atoms with van der Waals surface area (Å²) < 4.78 is 1.14. The van der Waals surface area contributed by atoms with Crippen molar-refractivity contribution >= 4 is 27.3 Å². The molecule has 1 aromatic carbocycles. The molecule has 1 atom stereocenters. The molecule has 3 N–H and O–H groups in total. The Balaban J connectivity index is 2.19. The minimum absolute atomic E-state index is 0.261. The number of nitrogens with two attached hydrogens (primary N) is 1. The topological polar surface area (TPSA) is 63.3 Å². The fourth-order valence-electron chi connectivity index (χ4n) is 1.95. The van der Waals surface area contributed by atoms with Crippen molar-refractivity contribution in [2.24, 2.45) is 11.7 Å². The molecule has 94 valence electrons. The quantitative estimate of drug-likeness (QED) is 0.813. The van der Waals surface area contributed by atoms with E-state index in [0.717, 1.165) is 22.1 Å². The van der Waals surface area contributed by atoms with Crippen molar-refractivity contribution in [3.8, 4) is 5.75 Å². The number of phenolic OH excluding ortho intramolecular Hbond substituents is 1. The highest BCUT2D eigenvalue weighted by Gasteiger charge is 2.12. The van der Waals surface area contributed by atoms with E-state index >= 15 is 0 Å². The van der Waals surface area contributed by atoms with Crippen molar-refractivity contribution in [2.45, 2.75) is 12.8 Å². The van der Waals surface area contributed by atoms with E-state index in [-0.39, 0.29) is 17.6 Å². The molecule has 0 aliphatic heterocycles. The van der Waals surface area contributed by atoms with Gasteiger partial charge in [-0.3, -0.25) is 4.79 Å². The number of aryl methyl sites for hydroxylation is 1. The zero-order valence-electron chi connectivity index (χ0n) is 9.93. The summed E-state index contributed by atoms with van der Waals surface area (Å²) >= 11 is 1.64. The Bertz CT molecular complexity index is 588. The average Bonchev–Trinajstić information content (AvgIpc) is 2.72. The standard InChI is InChI=1S/C14H15NO2S/c1-2-9(14(15)17)3-4-10-8-18-13-6-5-11(16)7-12(10)13/h2,5-9,16H,1,3-4H2,(H2,15,17). The van der Waals surface area contributed by atoms with E-state index in [1.807, 2.05) is 6.07 Å². The summed E-state index contributed by atoms with van der Waals surface area (Å²) in [6.45, 7) is 3.62. The van der Waals surface area contributed by atoms with Crippen LogP contribution in [0.1, 0.15) is 12.0 Å². The minimum atomic E-state index is -0.340. The number of thiophene rings is 1. The Labute approximate surface area is 110 Å². The molecule has 3 nitrogen and oxygen atoms in total. The molecule has 1 heterocycles. The van der Waals surface area contributed by atoms with Crippen LogP contribution in [0.3, 0.4) is 0 Å². The van der Waals surface area contributed by atoms with Gasteiger partial charge in [0, 0.05) is 4.70 Å². The fourth-order valence-corrected chi connectivity index (χ4v) is 2.93. The van der Waals surface area contributed by atoms with Crippen LogP contribution < -0.4 is 5.73 Å². The van der Waals surface area contributed by atoms with E-state index in [1.54, 1.807) is 29.5 Å². The summed E-state index contributed by atoms with van der Waals surface area (Å²) in [5.41, 5.74) is 6.41. The normalized spacial score (nSPS) is 12.4. The molecule has 0 radical (unpaired) electrons. The predicted molar refractivity (Wildman–Crippen MR) is 74.7 cm³/mol. The van der Waals surface area contributed by atoms with Gasteiger partial charge in [0.05, 0.1) is 5.92 Å². The number of amides is 1. The van der Waals surface area contributed by atoms with E-state index in [9.17, 15) is 9.90 Å². The van der Waals surface area contributed by atoms with Crippen molar-refractivity contribution in [3.63, 3.8) is 0 Å². The Morgan fingerprint density at radius 3 is 3.00 bits per heavy atom. The third-order valence-corrected chi connectivity index (χ3v) is 4.02. The number of carbonyl (C=O) groups excluding carboxylic acids is 1. The monoisotopic (exact) mass is 261 g/mol. The van der Waals surface area contributed by atoms with Gasteiger partial charge in [-0.2, -0.15) is 0 Å². The molecule has 0 aliphatic rings. The minimum Gasteiger partial charge on any atom is -0.508 e. The molecule has 0 bridgehead atoms. The van der Waals surface area contributed by atoms with Crippen LogP contribution in [0.15, 0.2) is 36.2 Å². The number of phenols is 1. The third-order valence-electron chi connectivity index (χ3n) is 3.01. The third kappa shape index (κ3) is 2.54. The van der Waals surface area contributed by atoms with Gasteiger partial charge in [-0.15, -0.1) is 17.9 Å². The lowest BCUT2D eigenvalue weighted by Gasteiger charge is -2.07. The first kappa shape index (κ1) is 12.6. The lowest BCUT2D eigenvalue weighted by Crippen LogP contribution is -2.21. The van der Waals surface area contributed by atoms with Gasteiger partial charge in [0.25, 0.3) is 0 Å². The number of hydrogen-bond acceptors (Lipinski definition) is 3. The van der Waals surface area contributed by atoms with Crippen LogP contribution in [-0.4, -0.2) is 11.0 Å². The van der Waals surface area contributed by atoms with Gasteiger partial charge >= 0.3 is 0 Å². The summed E-state index contributed by atoms with van der Waals surface area (Å²) in [6, 6.07) is 5.34. The van der Waals surface area contributed by atoms with Crippen molar-refractivity contribution in [2.75, 3.05) is 0 Å². The SMILES string of the molecule is C=CC(CCc1csc2ccc(O)cc12)C(N)=O. The second-order valence-corrected chi connectivity index (χ2v) is 5.14. The number of benzene rings is 1. The van der Waals surface area contributed by atoms with Gasteiger partial charge in [0.1, 0.15) is 5.75 Å². The van der Waals surface area contributed by atoms with Gasteiger partial charge in [0.2, 0.25) is 5.91 Å². The zero-order valence-corrected chi connectivity index (χ0v) is 10.7. The number of hydrogen-bond donors (Lipinski definition) is 2. The first-order chi connectivity index (χ1) is 8.61. The van der Waals surface area contributed by atoms with Gasteiger partial charge in [0.15, 0.2) is 0 Å². The van der Waals surface area contributed by atoms with Gasteiger partial charge in [-0.05, 0) is 47.4 Å². The van der Waals surface area contributed by atoms with E-state index in [2.05, 4.69) is 12.0 Å². The summed E-state index contributed by atoms with van der Waals surface area (Å²) in [6.07, 6.45) is 3.00. The van der Waals surface area contributed by atoms with E-state index in [0.29, 0.717) is 6.42 Å². The van der Waals surface area contributed by atoms with Crippen molar-refractivity contribution < 1.29 is 9.90 Å². The Morgan fingerprint density at radius 1 is 1.56 bits per heavy atom. The molecule has 1 unspecified atom stereocenters. The second kappa shape index (κ2) is 5.23. The molecular formula is C14H15NO2S. The largest absolute Gasteiger partial charge is 0.508 e. The second-order valence-electron chi connectivity index (χ2n) is 4.22. The van der Waals surface area contributed by atoms with E-state index in [4.69, 9.17) is 5.73 Å². The number of primary amides is 1. The van der Waals surface area contributed by atoms with Crippen molar-refractivity contribution in [1.29, 1.82) is 0 Å². The van der Waals surface area contributed by atoms with Crippen LogP contribution in [0, 0.1) is 5.92 Å². The van der Waals surface area contributed by atoms with Crippen molar-refractivity contribution in [3.05, 3.63) is 41.8 Å². The molecule has 0 fully saturated rings. The Morgan fingerprint density at radius 2 is 2.33 bits per heavy atom. The van der Waals surface area contributed by atoms with Crippen LogP contribution in [0.2, 0.25) is 0 Å². The van der Waals surface area contributed by atoms with Gasteiger partial charge in [-0.1, -0.05) is 6.08 Å². The first-order valence-electron chi connectivity index (χ1n) is 5.72. The highest BCUT2D eigenvalue weighted by atomic mass is 32.1. The van der Waals surface area contributed by atoms with Crippen LogP contribution in [-0.2, 0) is 11.2 Å². The average molecular weight is 261 g/mol. The predicted octanol–water partition coefficient (Wildman–Crippen LogP) is 2.83. The number of aromatic hydroxyl groups is 1. The fraction of sp³-hybridized carbons (Fsp3) is 0.214. The smallest absolute Gasteiger partial charge is 0.224 e. The molecule has 1 amide bonds. The first-order valence-corrected chi connectivity index (χ1v) is 6.60. The summed E-state index contributed by atoms with van der Waals surface area (Å²) in [5, 5.41) is 12.6. The van der Waals surface area contributed by atoms with Crippen molar-refractivity contribution in [1.82, 2.24) is 0 Å². The van der Waals surface area contributed by atoms with Gasteiger partial charge in [-0.25, -0.2) is 0 Å². The maximum atomic E-state index is 11.1. The van der Waals surface area contributed by atoms with Crippen LogP contribution >= 0.6 is 11.3 Å². The summed E-state index contributed by atoms with van der Waals surface area (Å²) in [7, 11) is 0. The van der Waals surface area contributed by atoms with E-state index < -0.39 is 0 Å². The zero-order chi connectivity index (χ0) is 13.1. The molecule has 0 saturated carbocycles. The van der Waals surface area contributed by atoms with Gasteiger partial charge < -0.3 is 10.8 Å². The Hall–Kier alpha value is -1.81. The molecule has 18 heavy (non-hydrogen) atoms. The van der Waals surface area contributed by atoms with Crippen LogP contribution in [0.4, 0.5) is 0 Å². The highest BCUT2D eigenvalue weighted by Crippen LogP contribution is 2.30. The molecule has 2 aromatic rings. The molecule has 0 spiro atoms. The maximum Gasteiger partial charge on any atom is 0.224 e. The van der Waals surface area contributed by atoms with Crippen LogP contribution in [0.25, 0.3) is 10.1 Å². The summed E-state index contributed by atoms with van der Waals surface area (Å²) in [5.74, 6) is -0.373. The number of fused-ring (bicyclic) bond motifs is 1. The molecule has 0 saturated heterocycles. The molecule has 2 rings (SSSR count). The highest BCUT2D eigenvalue weighted by molar-refractivity contribution is 7.17. The Kier molecular flexibility index (Phi) is 3.67. The van der Waals surface area contributed by atoms with E-state index in [1.165, 1.54) is 0 Å². The molecule has 4 heteroatoms.